The molecule has 5 heteroatoms. The Balaban J connectivity index is 1.72. The van der Waals surface area contributed by atoms with E-state index in [0.29, 0.717) is 12.1 Å². The molecular formula is C14H27N3O2. The molecule has 0 radical (unpaired) electrons. The summed E-state index contributed by atoms with van der Waals surface area (Å²) in [6.45, 7) is 1.67. The van der Waals surface area contributed by atoms with Gasteiger partial charge in [-0.2, -0.15) is 0 Å². The van der Waals surface area contributed by atoms with Crippen molar-refractivity contribution < 1.29 is 9.90 Å². The number of hydrogen-bond acceptors (Lipinski definition) is 3. The quantitative estimate of drug-likeness (QED) is 0.787. The first-order valence-corrected chi connectivity index (χ1v) is 7.46. The van der Waals surface area contributed by atoms with Crippen LogP contribution in [0.15, 0.2) is 0 Å². The van der Waals surface area contributed by atoms with Crippen LogP contribution in [0.25, 0.3) is 0 Å². The van der Waals surface area contributed by atoms with Crippen LogP contribution >= 0.6 is 0 Å². The molecular weight excluding hydrogens is 242 g/mol. The van der Waals surface area contributed by atoms with Gasteiger partial charge in [-0.1, -0.05) is 0 Å². The van der Waals surface area contributed by atoms with Gasteiger partial charge in [-0.3, -0.25) is 0 Å². The molecule has 2 aliphatic rings. The fraction of sp³-hybridized carbons (Fsp3) is 0.929. The number of aliphatic hydroxyl groups is 1. The number of nitrogens with one attached hydrogen (secondary N) is 1. The summed E-state index contributed by atoms with van der Waals surface area (Å²) in [6, 6.07) is 1.08. The van der Waals surface area contributed by atoms with E-state index < -0.39 is 0 Å². The van der Waals surface area contributed by atoms with Crippen molar-refractivity contribution in [3.8, 4) is 0 Å². The molecule has 0 bridgehead atoms. The second kappa shape index (κ2) is 6.57. The van der Waals surface area contributed by atoms with Gasteiger partial charge in [-0.25, -0.2) is 4.79 Å². The zero-order valence-corrected chi connectivity index (χ0v) is 12.1. The zero-order chi connectivity index (χ0) is 13.8. The van der Waals surface area contributed by atoms with E-state index in [2.05, 4.69) is 5.32 Å². The van der Waals surface area contributed by atoms with Crippen LogP contribution in [0.3, 0.4) is 0 Å². The van der Waals surface area contributed by atoms with Crippen LogP contribution in [-0.4, -0.2) is 66.3 Å². The third kappa shape index (κ3) is 4.08. The highest BCUT2D eigenvalue weighted by Gasteiger charge is 2.27. The Bertz CT molecular complexity index is 301. The molecule has 1 saturated carbocycles. The summed E-state index contributed by atoms with van der Waals surface area (Å²) in [5.41, 5.74) is 0. The van der Waals surface area contributed by atoms with Gasteiger partial charge in [-0.15, -0.1) is 0 Å². The predicted octanol–water partition coefficient (Wildman–Crippen LogP) is 1.03. The Morgan fingerprint density at radius 2 is 1.84 bits per heavy atom. The van der Waals surface area contributed by atoms with E-state index in [9.17, 15) is 9.90 Å². The SMILES string of the molecule is CN(C)C(=O)N1CCC(NC2CCCC(O)C2)CC1. The maximum absolute atomic E-state index is 11.8. The number of carbonyl (C=O) groups is 1. The topological polar surface area (TPSA) is 55.8 Å². The molecule has 0 spiro atoms. The molecule has 19 heavy (non-hydrogen) atoms. The van der Waals surface area contributed by atoms with E-state index in [-0.39, 0.29) is 12.1 Å². The highest BCUT2D eigenvalue weighted by Crippen LogP contribution is 2.21. The second-order valence-corrected chi connectivity index (χ2v) is 6.12. The van der Waals surface area contributed by atoms with Gasteiger partial charge >= 0.3 is 6.03 Å². The maximum Gasteiger partial charge on any atom is 0.319 e. The molecule has 0 aromatic heterocycles. The molecule has 2 amide bonds. The number of nitrogens with zero attached hydrogens (tertiary/aromatic N) is 2. The summed E-state index contributed by atoms with van der Waals surface area (Å²) < 4.78 is 0. The van der Waals surface area contributed by atoms with Crippen molar-refractivity contribution in [2.45, 2.75) is 56.7 Å². The van der Waals surface area contributed by atoms with Gasteiger partial charge in [0.1, 0.15) is 0 Å². The van der Waals surface area contributed by atoms with Crippen LogP contribution < -0.4 is 5.32 Å². The first-order chi connectivity index (χ1) is 9.06. The normalized spacial score (nSPS) is 29.3. The maximum atomic E-state index is 11.8. The van der Waals surface area contributed by atoms with Gasteiger partial charge in [0.25, 0.3) is 0 Å². The number of piperidine rings is 1. The van der Waals surface area contributed by atoms with Crippen molar-refractivity contribution in [1.29, 1.82) is 0 Å². The van der Waals surface area contributed by atoms with Gasteiger partial charge in [0.15, 0.2) is 0 Å². The lowest BCUT2D eigenvalue weighted by atomic mass is 9.91. The minimum absolute atomic E-state index is 0.117. The number of hydrogen-bond donors (Lipinski definition) is 2. The molecule has 2 atom stereocenters. The van der Waals surface area contributed by atoms with Gasteiger partial charge in [-0.05, 0) is 38.5 Å². The highest BCUT2D eigenvalue weighted by atomic mass is 16.3. The van der Waals surface area contributed by atoms with Crippen LogP contribution in [0.4, 0.5) is 4.79 Å². The van der Waals surface area contributed by atoms with Crippen LogP contribution in [0.1, 0.15) is 38.5 Å². The summed E-state index contributed by atoms with van der Waals surface area (Å²) in [5, 5.41) is 13.4. The molecule has 2 unspecified atom stereocenters. The molecule has 5 nitrogen and oxygen atoms in total. The molecule has 2 rings (SSSR count). The first-order valence-electron chi connectivity index (χ1n) is 7.46. The molecule has 0 aromatic rings. The molecule has 2 N–H and O–H groups in total. The standard InChI is InChI=1S/C14H27N3O2/c1-16(2)14(19)17-8-6-11(7-9-17)15-12-4-3-5-13(18)10-12/h11-13,15,18H,3-10H2,1-2H3. The monoisotopic (exact) mass is 269 g/mol. The smallest absolute Gasteiger partial charge is 0.319 e. The van der Waals surface area contributed by atoms with Crippen molar-refractivity contribution >= 4 is 6.03 Å². The summed E-state index contributed by atoms with van der Waals surface area (Å²) in [5.74, 6) is 0. The van der Waals surface area contributed by atoms with E-state index in [1.54, 1.807) is 19.0 Å². The number of amides is 2. The molecule has 2 fully saturated rings. The van der Waals surface area contributed by atoms with E-state index in [4.69, 9.17) is 0 Å². The van der Waals surface area contributed by atoms with Crippen molar-refractivity contribution in [2.24, 2.45) is 0 Å². The lowest BCUT2D eigenvalue weighted by Gasteiger charge is -2.37. The molecule has 1 saturated heterocycles. The Hall–Kier alpha value is -0.810. The van der Waals surface area contributed by atoms with Gasteiger partial charge in [0.2, 0.25) is 0 Å². The van der Waals surface area contributed by atoms with Gasteiger partial charge in [0, 0.05) is 39.3 Å². The second-order valence-electron chi connectivity index (χ2n) is 6.12. The van der Waals surface area contributed by atoms with Crippen LogP contribution in [0.2, 0.25) is 0 Å². The fourth-order valence-corrected chi connectivity index (χ4v) is 3.17. The number of aliphatic hydroxyl groups excluding tert-OH is 1. The van der Waals surface area contributed by atoms with E-state index in [0.717, 1.165) is 45.2 Å². The minimum atomic E-state index is -0.123. The zero-order valence-electron chi connectivity index (χ0n) is 12.1. The van der Waals surface area contributed by atoms with Crippen molar-refractivity contribution in [1.82, 2.24) is 15.1 Å². The third-order valence-corrected chi connectivity index (χ3v) is 4.27. The lowest BCUT2D eigenvalue weighted by Crippen LogP contribution is -2.50. The van der Waals surface area contributed by atoms with Gasteiger partial charge in [0.05, 0.1) is 6.10 Å². The number of urea groups is 1. The molecule has 1 aliphatic heterocycles. The predicted molar refractivity (Wildman–Crippen MR) is 75.1 cm³/mol. The van der Waals surface area contributed by atoms with Crippen molar-refractivity contribution in [3.63, 3.8) is 0 Å². The molecule has 0 aromatic carbocycles. The van der Waals surface area contributed by atoms with Crippen molar-refractivity contribution in [3.05, 3.63) is 0 Å². The fourth-order valence-electron chi connectivity index (χ4n) is 3.17. The Morgan fingerprint density at radius 3 is 2.42 bits per heavy atom. The van der Waals surface area contributed by atoms with Gasteiger partial charge < -0.3 is 20.2 Å². The number of likely N-dealkylation sites (tertiary alicyclic amines) is 1. The Labute approximate surface area is 115 Å². The molecule has 1 aliphatic carbocycles. The lowest BCUT2D eigenvalue weighted by molar-refractivity contribution is 0.102. The van der Waals surface area contributed by atoms with E-state index >= 15 is 0 Å². The number of rotatable bonds is 2. The summed E-state index contributed by atoms with van der Waals surface area (Å²) in [4.78, 5) is 15.4. The van der Waals surface area contributed by atoms with Crippen LogP contribution in [-0.2, 0) is 0 Å². The minimum Gasteiger partial charge on any atom is -0.393 e. The third-order valence-electron chi connectivity index (χ3n) is 4.27. The number of carbonyl (C=O) groups excluding carboxylic acids is 1. The largest absolute Gasteiger partial charge is 0.393 e. The average molecular weight is 269 g/mol. The Kier molecular flexibility index (Phi) is 5.05. The first kappa shape index (κ1) is 14.6. The van der Waals surface area contributed by atoms with E-state index in [1.807, 2.05) is 4.90 Å². The van der Waals surface area contributed by atoms with Crippen LogP contribution in [0.5, 0.6) is 0 Å². The van der Waals surface area contributed by atoms with Crippen molar-refractivity contribution in [2.75, 3.05) is 27.2 Å². The van der Waals surface area contributed by atoms with E-state index in [1.165, 1.54) is 6.42 Å². The highest BCUT2D eigenvalue weighted by molar-refractivity contribution is 5.73. The molecule has 110 valence electrons. The average Bonchev–Trinajstić information content (AvgIpc) is 2.39. The molecule has 1 heterocycles. The summed E-state index contributed by atoms with van der Waals surface area (Å²) >= 11 is 0. The Morgan fingerprint density at radius 1 is 1.16 bits per heavy atom. The summed E-state index contributed by atoms with van der Waals surface area (Å²) in [7, 11) is 3.60. The summed E-state index contributed by atoms with van der Waals surface area (Å²) in [6.07, 6.45) is 6.05. The van der Waals surface area contributed by atoms with Crippen LogP contribution in [0, 0.1) is 0 Å².